The Morgan fingerprint density at radius 3 is 2.57 bits per heavy atom. The summed E-state index contributed by atoms with van der Waals surface area (Å²) in [5, 5.41) is 2.83. The van der Waals surface area contributed by atoms with Crippen molar-refractivity contribution in [3.8, 4) is 0 Å². The van der Waals surface area contributed by atoms with Crippen molar-refractivity contribution in [2.75, 3.05) is 46.4 Å². The fourth-order valence-corrected chi connectivity index (χ4v) is 5.26. The number of hydrogen-bond acceptors (Lipinski definition) is 5. The minimum absolute atomic E-state index is 0.126. The van der Waals surface area contributed by atoms with Gasteiger partial charge in [-0.3, -0.25) is 0 Å². The Hall–Kier alpha value is -2.39. The van der Waals surface area contributed by atoms with E-state index < -0.39 is 10.0 Å². The van der Waals surface area contributed by atoms with E-state index in [0.717, 1.165) is 18.4 Å². The molecule has 9 heteroatoms. The molecule has 0 aromatic heterocycles. The first-order valence-electron chi connectivity index (χ1n) is 10.3. The van der Waals surface area contributed by atoms with Gasteiger partial charge in [0.2, 0.25) is 0 Å². The second-order valence-corrected chi connectivity index (χ2v) is 8.99. The van der Waals surface area contributed by atoms with Crippen LogP contribution in [0.4, 0.5) is 4.79 Å². The summed E-state index contributed by atoms with van der Waals surface area (Å²) < 4.78 is 34.7. The quantitative estimate of drug-likeness (QED) is 0.717. The first-order valence-corrected chi connectivity index (χ1v) is 11.7. The van der Waals surface area contributed by atoms with Crippen molar-refractivity contribution < 1.29 is 17.9 Å². The molecule has 0 spiro atoms. The molecular formula is C21H30N4O4S. The Kier molecular flexibility index (Phi) is 7.14. The van der Waals surface area contributed by atoms with Gasteiger partial charge in [0.05, 0.1) is 6.61 Å². The second kappa shape index (κ2) is 9.61. The number of carbonyl (C=O) groups excluding carboxylic acids is 1. The van der Waals surface area contributed by atoms with Gasteiger partial charge in [-0.2, -0.15) is 8.42 Å². The molecule has 3 rings (SSSR count). The molecule has 0 radical (unpaired) electrons. The second-order valence-electron chi connectivity index (χ2n) is 7.45. The van der Waals surface area contributed by atoms with Crippen LogP contribution in [0.2, 0.25) is 0 Å². The number of amides is 2. The molecule has 1 aromatic carbocycles. The summed E-state index contributed by atoms with van der Waals surface area (Å²) in [7, 11) is -2.15. The number of urea groups is 1. The zero-order chi connectivity index (χ0) is 21.7. The van der Waals surface area contributed by atoms with Crippen molar-refractivity contribution >= 4 is 26.8 Å². The van der Waals surface area contributed by atoms with Gasteiger partial charge in [0, 0.05) is 45.4 Å². The summed E-state index contributed by atoms with van der Waals surface area (Å²) in [5.41, 5.74) is 2.49. The topological polar surface area (TPSA) is 91.3 Å². The van der Waals surface area contributed by atoms with Crippen molar-refractivity contribution in [1.29, 1.82) is 0 Å². The number of nitrogens with zero attached hydrogens (tertiary/aromatic N) is 3. The molecule has 1 N–H and O–H groups in total. The molecule has 8 nitrogen and oxygen atoms in total. The number of ether oxygens (including phenoxy) is 1. The molecule has 0 bridgehead atoms. The highest BCUT2D eigenvalue weighted by atomic mass is 32.2. The van der Waals surface area contributed by atoms with Crippen molar-refractivity contribution in [3.05, 3.63) is 41.0 Å². The first kappa shape index (κ1) is 22.3. The summed E-state index contributed by atoms with van der Waals surface area (Å²) in [6.07, 6.45) is 1.64. The van der Waals surface area contributed by atoms with Gasteiger partial charge < -0.3 is 19.9 Å². The predicted molar refractivity (Wildman–Crippen MR) is 118 cm³/mol. The summed E-state index contributed by atoms with van der Waals surface area (Å²) in [4.78, 5) is 16.3. The van der Waals surface area contributed by atoms with Crippen molar-refractivity contribution in [3.63, 3.8) is 0 Å². The Morgan fingerprint density at radius 1 is 1.17 bits per heavy atom. The molecule has 1 fully saturated rings. The largest absolute Gasteiger partial charge is 0.383 e. The third-order valence-corrected chi connectivity index (χ3v) is 6.90. The zero-order valence-electron chi connectivity index (χ0n) is 17.8. The van der Waals surface area contributed by atoms with Crippen LogP contribution in [0.15, 0.2) is 34.2 Å². The lowest BCUT2D eigenvalue weighted by Gasteiger charge is -2.24. The summed E-state index contributed by atoms with van der Waals surface area (Å²) >= 11 is 0. The maximum absolute atomic E-state index is 12.8. The van der Waals surface area contributed by atoms with Crippen LogP contribution in [0.3, 0.4) is 0 Å². The van der Waals surface area contributed by atoms with E-state index in [-0.39, 0.29) is 10.9 Å². The first-order chi connectivity index (χ1) is 14.4. The van der Waals surface area contributed by atoms with Gasteiger partial charge >= 0.3 is 6.03 Å². The van der Waals surface area contributed by atoms with Gasteiger partial charge in [-0.05, 0) is 30.9 Å². The maximum atomic E-state index is 12.8. The lowest BCUT2D eigenvalue weighted by atomic mass is 10.1. The summed E-state index contributed by atoms with van der Waals surface area (Å²) in [6, 6.07) is 7.48. The lowest BCUT2D eigenvalue weighted by Crippen LogP contribution is -2.43. The molecule has 2 heterocycles. The Bertz CT molecular complexity index is 938. The molecular weight excluding hydrogens is 404 g/mol. The van der Waals surface area contributed by atoms with Crippen LogP contribution in [0, 0.1) is 0 Å². The Morgan fingerprint density at radius 2 is 1.90 bits per heavy atom. The van der Waals surface area contributed by atoms with E-state index in [1.54, 1.807) is 12.0 Å². The molecule has 2 aliphatic heterocycles. The number of carbonyl (C=O) groups is 1. The number of amidine groups is 1. The molecule has 30 heavy (non-hydrogen) atoms. The van der Waals surface area contributed by atoms with Crippen LogP contribution < -0.4 is 5.32 Å². The average Bonchev–Trinajstić information content (AvgIpc) is 2.89. The minimum Gasteiger partial charge on any atom is -0.383 e. The fourth-order valence-electron chi connectivity index (χ4n) is 3.78. The lowest BCUT2D eigenvalue weighted by molar-refractivity contribution is 0.181. The molecule has 0 aliphatic carbocycles. The molecule has 1 aromatic rings. The van der Waals surface area contributed by atoms with E-state index in [4.69, 9.17) is 4.74 Å². The highest BCUT2D eigenvalue weighted by molar-refractivity contribution is 8.00. The standard InChI is InChI=1S/C21H30N4O4S/c1-4-17-6-8-18(9-7-17)19-16(2)20(23-30(19,27)28)24-11-5-12-25(14-13-24)21(26)22-10-15-29-3/h6-9H,4-5,10-15H2,1-3H3,(H,22,26). The van der Waals surface area contributed by atoms with Gasteiger partial charge in [-0.15, -0.1) is 4.40 Å². The van der Waals surface area contributed by atoms with E-state index in [0.29, 0.717) is 56.3 Å². The van der Waals surface area contributed by atoms with Crippen LogP contribution in [0.25, 0.3) is 4.91 Å². The van der Waals surface area contributed by atoms with Crippen molar-refractivity contribution in [2.24, 2.45) is 4.40 Å². The van der Waals surface area contributed by atoms with Gasteiger partial charge in [-0.25, -0.2) is 4.79 Å². The van der Waals surface area contributed by atoms with Crippen LogP contribution in [-0.4, -0.2) is 76.5 Å². The van der Waals surface area contributed by atoms with E-state index in [2.05, 4.69) is 16.6 Å². The van der Waals surface area contributed by atoms with Crippen LogP contribution >= 0.6 is 0 Å². The number of hydrogen-bond donors (Lipinski definition) is 1. The van der Waals surface area contributed by atoms with Gasteiger partial charge in [0.1, 0.15) is 10.7 Å². The molecule has 1 saturated heterocycles. The van der Waals surface area contributed by atoms with E-state index in [9.17, 15) is 13.2 Å². The summed E-state index contributed by atoms with van der Waals surface area (Å²) in [6.45, 7) is 7.10. The average molecular weight is 435 g/mol. The number of methoxy groups -OCH3 is 1. The van der Waals surface area contributed by atoms with Crippen LogP contribution in [0.5, 0.6) is 0 Å². The SMILES string of the molecule is CCc1ccc(C2=C(C)C(N3CCCN(C(=O)NCCOC)CC3)=NS2(=O)=O)cc1. The minimum atomic E-state index is -3.74. The number of sulfonamides is 1. The fraction of sp³-hybridized carbons (Fsp3) is 0.524. The van der Waals surface area contributed by atoms with Gasteiger partial charge in [0.15, 0.2) is 0 Å². The van der Waals surface area contributed by atoms with E-state index in [1.807, 2.05) is 36.1 Å². The van der Waals surface area contributed by atoms with Gasteiger partial charge in [-0.1, -0.05) is 31.2 Å². The van der Waals surface area contributed by atoms with E-state index in [1.165, 1.54) is 0 Å². The highest BCUT2D eigenvalue weighted by Crippen LogP contribution is 2.34. The molecule has 0 unspecified atom stereocenters. The van der Waals surface area contributed by atoms with Crippen LogP contribution in [-0.2, 0) is 21.2 Å². The molecule has 0 atom stereocenters. The zero-order valence-corrected chi connectivity index (χ0v) is 18.7. The third-order valence-electron chi connectivity index (χ3n) is 5.43. The molecule has 2 aliphatic rings. The molecule has 2 amide bonds. The van der Waals surface area contributed by atoms with Crippen molar-refractivity contribution in [2.45, 2.75) is 26.7 Å². The number of rotatable bonds is 5. The number of nitrogens with one attached hydrogen (secondary N) is 1. The van der Waals surface area contributed by atoms with Crippen molar-refractivity contribution in [1.82, 2.24) is 15.1 Å². The van der Waals surface area contributed by atoms with Crippen LogP contribution in [0.1, 0.15) is 31.4 Å². The number of aryl methyl sites for hydroxylation is 1. The Balaban J connectivity index is 1.75. The summed E-state index contributed by atoms with van der Waals surface area (Å²) in [5.74, 6) is 0.492. The molecule has 0 saturated carbocycles. The van der Waals surface area contributed by atoms with E-state index >= 15 is 0 Å². The highest BCUT2D eigenvalue weighted by Gasteiger charge is 2.34. The molecule has 164 valence electrons. The van der Waals surface area contributed by atoms with Gasteiger partial charge in [0.25, 0.3) is 10.0 Å². The third kappa shape index (κ3) is 4.84. The Labute approximate surface area is 178 Å². The number of benzene rings is 1. The smallest absolute Gasteiger partial charge is 0.317 e. The predicted octanol–water partition coefficient (Wildman–Crippen LogP) is 2.09. The monoisotopic (exact) mass is 434 g/mol. The normalized spacial score (nSPS) is 19.0. The maximum Gasteiger partial charge on any atom is 0.317 e.